The first-order valence-electron chi connectivity index (χ1n) is 8.38. The van der Waals surface area contributed by atoms with Gasteiger partial charge in [0, 0.05) is 28.3 Å². The number of aromatic amines is 1. The smallest absolute Gasteiger partial charge is 0.254 e. The highest BCUT2D eigenvalue weighted by Gasteiger charge is 2.34. The van der Waals surface area contributed by atoms with E-state index in [2.05, 4.69) is 45.3 Å². The van der Waals surface area contributed by atoms with Crippen molar-refractivity contribution < 1.29 is 9.59 Å². The first-order chi connectivity index (χ1) is 12.0. The van der Waals surface area contributed by atoms with Gasteiger partial charge in [-0.05, 0) is 43.0 Å². The van der Waals surface area contributed by atoms with Gasteiger partial charge in [-0.1, -0.05) is 29.8 Å². The van der Waals surface area contributed by atoms with E-state index in [1.807, 2.05) is 18.2 Å². The number of hydrogen-bond acceptors (Lipinski definition) is 3. The summed E-state index contributed by atoms with van der Waals surface area (Å²) in [6.45, 7) is 4.69. The Balaban J connectivity index is 1.70. The summed E-state index contributed by atoms with van der Waals surface area (Å²) in [7, 11) is 0. The Morgan fingerprint density at radius 1 is 1.32 bits per heavy atom. The highest BCUT2D eigenvalue weighted by atomic mass is 79.9. The van der Waals surface area contributed by atoms with Crippen LogP contribution in [-0.2, 0) is 4.79 Å². The molecule has 2 N–H and O–H groups in total. The number of likely N-dealkylation sites (tertiary alicyclic amines) is 1. The molecule has 6 nitrogen and oxygen atoms in total. The number of nitrogens with one attached hydrogen (secondary N) is 2. The number of rotatable bonds is 4. The lowest BCUT2D eigenvalue weighted by atomic mass is 10.1. The summed E-state index contributed by atoms with van der Waals surface area (Å²) < 4.78 is 0.916. The summed E-state index contributed by atoms with van der Waals surface area (Å²) in [4.78, 5) is 27.0. The van der Waals surface area contributed by atoms with Crippen LogP contribution in [0.25, 0.3) is 0 Å². The molecule has 0 saturated carbocycles. The van der Waals surface area contributed by atoms with Gasteiger partial charge >= 0.3 is 0 Å². The second-order valence-electron chi connectivity index (χ2n) is 6.52. The minimum absolute atomic E-state index is 0.116. The maximum Gasteiger partial charge on any atom is 0.254 e. The zero-order valence-electron chi connectivity index (χ0n) is 14.3. The minimum Gasteiger partial charge on any atom is -0.327 e. The summed E-state index contributed by atoms with van der Waals surface area (Å²) >= 11 is 3.36. The molecule has 3 rings (SSSR count). The SMILES string of the molecule is CC(C)c1cc(NC(=O)C2CCCN2C(=O)c2ccc(Br)cc2)n[nH]1. The summed E-state index contributed by atoms with van der Waals surface area (Å²) in [5.74, 6) is 0.497. The summed E-state index contributed by atoms with van der Waals surface area (Å²) in [5.41, 5.74) is 1.55. The molecule has 2 heterocycles. The van der Waals surface area contributed by atoms with Crippen molar-refractivity contribution in [2.45, 2.75) is 38.6 Å². The molecule has 1 aromatic carbocycles. The Morgan fingerprint density at radius 2 is 2.04 bits per heavy atom. The van der Waals surface area contributed by atoms with E-state index in [4.69, 9.17) is 0 Å². The molecule has 0 bridgehead atoms. The molecule has 25 heavy (non-hydrogen) atoms. The molecule has 1 saturated heterocycles. The molecule has 0 spiro atoms. The average Bonchev–Trinajstić information content (AvgIpc) is 3.24. The summed E-state index contributed by atoms with van der Waals surface area (Å²) in [6, 6.07) is 8.56. The Bertz CT molecular complexity index is 770. The van der Waals surface area contributed by atoms with Gasteiger partial charge in [-0.25, -0.2) is 0 Å². The molecule has 0 radical (unpaired) electrons. The lowest BCUT2D eigenvalue weighted by molar-refractivity contribution is -0.119. The Morgan fingerprint density at radius 3 is 2.68 bits per heavy atom. The lowest BCUT2D eigenvalue weighted by Gasteiger charge is -2.23. The van der Waals surface area contributed by atoms with E-state index in [-0.39, 0.29) is 11.8 Å². The van der Waals surface area contributed by atoms with Gasteiger partial charge in [-0.3, -0.25) is 14.7 Å². The molecular weight excluding hydrogens is 384 g/mol. The Kier molecular flexibility index (Phi) is 5.22. The van der Waals surface area contributed by atoms with Crippen LogP contribution in [0.3, 0.4) is 0 Å². The highest BCUT2D eigenvalue weighted by molar-refractivity contribution is 9.10. The zero-order chi connectivity index (χ0) is 18.0. The molecule has 1 aliphatic rings. The number of aromatic nitrogens is 2. The number of carbonyl (C=O) groups is 2. The molecule has 2 amide bonds. The van der Waals surface area contributed by atoms with Crippen molar-refractivity contribution in [2.75, 3.05) is 11.9 Å². The van der Waals surface area contributed by atoms with Crippen molar-refractivity contribution in [1.29, 1.82) is 0 Å². The summed E-state index contributed by atoms with van der Waals surface area (Å²) in [5, 5.41) is 9.86. The quantitative estimate of drug-likeness (QED) is 0.817. The summed E-state index contributed by atoms with van der Waals surface area (Å²) in [6.07, 6.45) is 1.48. The van der Waals surface area contributed by atoms with Crippen LogP contribution >= 0.6 is 15.9 Å². The predicted molar refractivity (Wildman–Crippen MR) is 99.5 cm³/mol. The van der Waals surface area contributed by atoms with Crippen LogP contribution in [0.1, 0.15) is 48.7 Å². The maximum atomic E-state index is 12.7. The van der Waals surface area contributed by atoms with Gasteiger partial charge in [0.2, 0.25) is 5.91 Å². The molecule has 1 fully saturated rings. The molecule has 1 unspecified atom stereocenters. The van der Waals surface area contributed by atoms with Crippen molar-refractivity contribution >= 4 is 33.6 Å². The molecule has 2 aromatic rings. The third kappa shape index (κ3) is 3.92. The van der Waals surface area contributed by atoms with E-state index in [0.717, 1.165) is 16.6 Å². The number of H-pyrrole nitrogens is 1. The van der Waals surface area contributed by atoms with Crippen molar-refractivity contribution in [3.63, 3.8) is 0 Å². The van der Waals surface area contributed by atoms with Gasteiger partial charge in [0.25, 0.3) is 5.91 Å². The largest absolute Gasteiger partial charge is 0.327 e. The van der Waals surface area contributed by atoms with Gasteiger partial charge in [-0.15, -0.1) is 0 Å². The normalized spacial score (nSPS) is 17.1. The maximum absolute atomic E-state index is 12.7. The molecule has 1 aliphatic heterocycles. The second-order valence-corrected chi connectivity index (χ2v) is 7.43. The van der Waals surface area contributed by atoms with E-state index < -0.39 is 6.04 Å². The number of carbonyl (C=O) groups excluding carboxylic acids is 2. The van der Waals surface area contributed by atoms with Crippen molar-refractivity contribution in [3.05, 3.63) is 46.1 Å². The van der Waals surface area contributed by atoms with Gasteiger partial charge in [-0.2, -0.15) is 5.10 Å². The molecule has 1 aromatic heterocycles. The molecule has 7 heteroatoms. The molecular formula is C18H21BrN4O2. The van der Waals surface area contributed by atoms with Crippen LogP contribution in [0.2, 0.25) is 0 Å². The predicted octanol–water partition coefficient (Wildman–Crippen LogP) is 3.54. The van der Waals surface area contributed by atoms with Crippen molar-refractivity contribution in [3.8, 4) is 0 Å². The molecule has 1 atom stereocenters. The third-order valence-corrected chi connectivity index (χ3v) is 4.91. The van der Waals surface area contributed by atoms with Gasteiger partial charge in [0.05, 0.1) is 0 Å². The fourth-order valence-electron chi connectivity index (χ4n) is 2.95. The lowest BCUT2D eigenvalue weighted by Crippen LogP contribution is -2.43. The van der Waals surface area contributed by atoms with E-state index in [1.165, 1.54) is 0 Å². The van der Waals surface area contributed by atoms with E-state index >= 15 is 0 Å². The molecule has 0 aliphatic carbocycles. The average molecular weight is 405 g/mol. The minimum atomic E-state index is -0.463. The standard InChI is InChI=1S/C18H21BrN4O2/c1-11(2)14-10-16(22-21-14)20-17(24)15-4-3-9-23(15)18(25)12-5-7-13(19)8-6-12/h5-8,10-11,15H,3-4,9H2,1-2H3,(H2,20,21,22,24). The van der Waals surface area contributed by atoms with Gasteiger partial charge < -0.3 is 10.2 Å². The van der Waals surface area contributed by atoms with E-state index in [9.17, 15) is 9.59 Å². The van der Waals surface area contributed by atoms with Crippen molar-refractivity contribution in [1.82, 2.24) is 15.1 Å². The van der Waals surface area contributed by atoms with E-state index in [0.29, 0.717) is 30.3 Å². The van der Waals surface area contributed by atoms with E-state index in [1.54, 1.807) is 17.0 Å². The molecule has 132 valence electrons. The highest BCUT2D eigenvalue weighted by Crippen LogP contribution is 2.23. The van der Waals surface area contributed by atoms with Crippen LogP contribution in [-0.4, -0.2) is 39.5 Å². The zero-order valence-corrected chi connectivity index (χ0v) is 15.8. The number of anilines is 1. The fourth-order valence-corrected chi connectivity index (χ4v) is 3.21. The van der Waals surface area contributed by atoms with Gasteiger partial charge in [0.15, 0.2) is 5.82 Å². The number of hydrogen-bond donors (Lipinski definition) is 2. The first kappa shape index (κ1) is 17.7. The number of nitrogens with zero attached hydrogens (tertiary/aromatic N) is 2. The van der Waals surface area contributed by atoms with Crippen LogP contribution in [0.15, 0.2) is 34.8 Å². The number of amides is 2. The second kappa shape index (κ2) is 7.39. The van der Waals surface area contributed by atoms with Crippen LogP contribution in [0, 0.1) is 0 Å². The topological polar surface area (TPSA) is 78.1 Å². The van der Waals surface area contributed by atoms with Gasteiger partial charge in [0.1, 0.15) is 6.04 Å². The first-order valence-corrected chi connectivity index (χ1v) is 9.17. The number of halogens is 1. The number of benzene rings is 1. The Labute approximate surface area is 155 Å². The Hall–Kier alpha value is -2.15. The van der Waals surface area contributed by atoms with Crippen LogP contribution < -0.4 is 5.32 Å². The monoisotopic (exact) mass is 404 g/mol. The van der Waals surface area contributed by atoms with Crippen molar-refractivity contribution in [2.24, 2.45) is 0 Å². The third-order valence-electron chi connectivity index (χ3n) is 4.38. The van der Waals surface area contributed by atoms with Crippen LogP contribution in [0.4, 0.5) is 5.82 Å². The van der Waals surface area contributed by atoms with Crippen LogP contribution in [0.5, 0.6) is 0 Å². The fraction of sp³-hybridized carbons (Fsp3) is 0.389.